The Labute approximate surface area is 126 Å². The lowest BCUT2D eigenvalue weighted by Gasteiger charge is -2.20. The lowest BCUT2D eigenvalue weighted by Crippen LogP contribution is -2.45. The van der Waals surface area contributed by atoms with Crippen molar-refractivity contribution in [3.8, 4) is 0 Å². The number of hydrogen-bond donors (Lipinski definition) is 1. The Bertz CT molecular complexity index is 568. The van der Waals surface area contributed by atoms with Crippen molar-refractivity contribution in [1.82, 2.24) is 9.62 Å². The van der Waals surface area contributed by atoms with Crippen molar-refractivity contribution < 1.29 is 13.2 Å². The molecule has 0 radical (unpaired) electrons. The Morgan fingerprint density at radius 1 is 1.58 bits per heavy atom. The fraction of sp³-hybridized carbons (Fsp3) is 0.545. The summed E-state index contributed by atoms with van der Waals surface area (Å²) in [7, 11) is -2.03. The largest absolute Gasteiger partial charge is 0.345 e. The van der Waals surface area contributed by atoms with Crippen LogP contribution in [0.1, 0.15) is 18.7 Å². The van der Waals surface area contributed by atoms with Crippen LogP contribution in [0.5, 0.6) is 0 Å². The zero-order chi connectivity index (χ0) is 14.8. The second kappa shape index (κ2) is 6.34. The van der Waals surface area contributed by atoms with Crippen LogP contribution in [0.4, 0.5) is 0 Å². The van der Waals surface area contributed by atoms with Gasteiger partial charge in [-0.15, -0.1) is 11.3 Å². The summed E-state index contributed by atoms with van der Waals surface area (Å²) in [5, 5.41) is 0. The van der Waals surface area contributed by atoms with Gasteiger partial charge in [-0.2, -0.15) is 4.72 Å². The van der Waals surface area contributed by atoms with Gasteiger partial charge in [0.25, 0.3) is 0 Å². The molecule has 0 saturated carbocycles. The highest BCUT2D eigenvalue weighted by atomic mass is 79.9. The number of nitrogens with one attached hydrogen (secondary N) is 1. The van der Waals surface area contributed by atoms with Crippen LogP contribution in [-0.2, 0) is 14.8 Å². The topological polar surface area (TPSA) is 66.5 Å². The molecule has 0 spiro atoms. The number of amides is 1. The number of aryl methyl sites for hydroxylation is 1. The van der Waals surface area contributed by atoms with Gasteiger partial charge in [0.1, 0.15) is 0 Å². The van der Waals surface area contributed by atoms with Crippen LogP contribution in [0.25, 0.3) is 0 Å². The first-order valence-electron chi connectivity index (χ1n) is 5.72. The monoisotopic (exact) mass is 368 g/mol. The predicted molar refractivity (Wildman–Crippen MR) is 79.9 cm³/mol. The van der Waals surface area contributed by atoms with Crippen molar-refractivity contribution in [1.29, 1.82) is 0 Å². The summed E-state index contributed by atoms with van der Waals surface area (Å²) >= 11 is 4.60. The molecule has 1 rings (SSSR count). The molecule has 5 nitrogen and oxygen atoms in total. The summed E-state index contributed by atoms with van der Waals surface area (Å²) in [5.74, 6) is -0.252. The zero-order valence-electron chi connectivity index (χ0n) is 11.2. The quantitative estimate of drug-likeness (QED) is 0.863. The maximum atomic E-state index is 12.2. The number of thiophene rings is 1. The molecule has 1 unspecified atom stereocenters. The van der Waals surface area contributed by atoms with Crippen molar-refractivity contribution >= 4 is 43.2 Å². The van der Waals surface area contributed by atoms with Crippen molar-refractivity contribution in [2.45, 2.75) is 31.7 Å². The first kappa shape index (κ1) is 16.6. The molecule has 1 aromatic heterocycles. The standard InChI is InChI=1S/C11H17BrN2O3S2/c1-5-14(4)11(15)7(2)13-19(16,17)9-6-10(12)18-8(9)3/h6-7,13H,5H2,1-4H3. The van der Waals surface area contributed by atoms with Gasteiger partial charge in [-0.05, 0) is 42.8 Å². The molecule has 0 bridgehead atoms. The summed E-state index contributed by atoms with van der Waals surface area (Å²) in [6.07, 6.45) is 0. The third-order valence-corrected chi connectivity index (χ3v) is 6.03. The highest BCUT2D eigenvalue weighted by Crippen LogP contribution is 2.29. The molecular formula is C11H17BrN2O3S2. The summed E-state index contributed by atoms with van der Waals surface area (Å²) < 4.78 is 27.5. The van der Waals surface area contributed by atoms with Crippen LogP contribution >= 0.6 is 27.3 Å². The van der Waals surface area contributed by atoms with E-state index in [-0.39, 0.29) is 10.8 Å². The van der Waals surface area contributed by atoms with Gasteiger partial charge in [0.05, 0.1) is 14.7 Å². The molecule has 0 saturated heterocycles. The van der Waals surface area contributed by atoms with Crippen molar-refractivity contribution in [3.63, 3.8) is 0 Å². The first-order valence-corrected chi connectivity index (χ1v) is 8.81. The van der Waals surface area contributed by atoms with E-state index >= 15 is 0 Å². The van der Waals surface area contributed by atoms with Crippen LogP contribution < -0.4 is 4.72 Å². The second-order valence-electron chi connectivity index (χ2n) is 4.17. The number of hydrogen-bond acceptors (Lipinski definition) is 4. The molecule has 0 aliphatic carbocycles. The van der Waals surface area contributed by atoms with E-state index in [1.807, 2.05) is 6.92 Å². The van der Waals surface area contributed by atoms with E-state index in [1.54, 1.807) is 27.0 Å². The van der Waals surface area contributed by atoms with Gasteiger partial charge in [-0.3, -0.25) is 4.79 Å². The Balaban J connectivity index is 2.92. The Hall–Kier alpha value is -0.440. The molecular weight excluding hydrogens is 352 g/mol. The summed E-state index contributed by atoms with van der Waals surface area (Å²) in [6, 6.07) is 0.760. The molecule has 0 aliphatic heterocycles. The van der Waals surface area contributed by atoms with Crippen LogP contribution in [0, 0.1) is 6.92 Å². The fourth-order valence-corrected chi connectivity index (χ4v) is 5.14. The molecule has 1 aromatic rings. The average Bonchev–Trinajstić information content (AvgIpc) is 2.66. The normalized spacial score (nSPS) is 13.3. The van der Waals surface area contributed by atoms with Gasteiger partial charge in [0, 0.05) is 18.5 Å². The van der Waals surface area contributed by atoms with Gasteiger partial charge >= 0.3 is 0 Å². The van der Waals surface area contributed by atoms with Crippen LogP contribution in [-0.4, -0.2) is 38.9 Å². The molecule has 1 amide bonds. The highest BCUT2D eigenvalue weighted by Gasteiger charge is 2.26. The molecule has 0 aromatic carbocycles. The molecule has 0 fully saturated rings. The number of likely N-dealkylation sites (N-methyl/N-ethyl adjacent to an activating group) is 1. The van der Waals surface area contributed by atoms with Crippen LogP contribution in [0.2, 0.25) is 0 Å². The maximum absolute atomic E-state index is 12.2. The number of halogens is 1. The number of nitrogens with zero attached hydrogens (tertiary/aromatic N) is 1. The van der Waals surface area contributed by atoms with E-state index in [9.17, 15) is 13.2 Å². The molecule has 0 aliphatic rings. The van der Waals surface area contributed by atoms with Gasteiger partial charge in [-0.1, -0.05) is 0 Å². The van der Waals surface area contributed by atoms with Crippen molar-refractivity contribution in [2.24, 2.45) is 0 Å². The van der Waals surface area contributed by atoms with Gasteiger partial charge < -0.3 is 4.90 Å². The fourth-order valence-electron chi connectivity index (χ4n) is 1.53. The number of sulfonamides is 1. The Morgan fingerprint density at radius 3 is 2.58 bits per heavy atom. The highest BCUT2D eigenvalue weighted by molar-refractivity contribution is 9.11. The summed E-state index contributed by atoms with van der Waals surface area (Å²) in [4.78, 5) is 14.2. The Morgan fingerprint density at radius 2 is 2.16 bits per heavy atom. The van der Waals surface area contributed by atoms with E-state index in [0.29, 0.717) is 11.4 Å². The minimum absolute atomic E-state index is 0.211. The van der Waals surface area contributed by atoms with E-state index in [1.165, 1.54) is 16.2 Å². The van der Waals surface area contributed by atoms with E-state index in [0.717, 1.165) is 3.79 Å². The van der Waals surface area contributed by atoms with Crippen molar-refractivity contribution in [3.05, 3.63) is 14.7 Å². The third-order valence-electron chi connectivity index (χ3n) is 2.68. The SMILES string of the molecule is CCN(C)C(=O)C(C)NS(=O)(=O)c1cc(Br)sc1C. The van der Waals surface area contributed by atoms with E-state index in [4.69, 9.17) is 0 Å². The van der Waals surface area contributed by atoms with Gasteiger partial charge in [0.2, 0.25) is 15.9 Å². The summed E-state index contributed by atoms with van der Waals surface area (Å²) in [6.45, 7) is 5.64. The number of carbonyl (C=O) groups is 1. The van der Waals surface area contributed by atoms with E-state index in [2.05, 4.69) is 20.7 Å². The van der Waals surface area contributed by atoms with Crippen LogP contribution in [0.15, 0.2) is 14.7 Å². The minimum Gasteiger partial charge on any atom is -0.345 e. The minimum atomic E-state index is -3.67. The second-order valence-corrected chi connectivity index (χ2v) is 8.48. The van der Waals surface area contributed by atoms with Gasteiger partial charge in [0.15, 0.2) is 0 Å². The summed E-state index contributed by atoms with van der Waals surface area (Å²) in [5.41, 5.74) is 0. The Kier molecular flexibility index (Phi) is 5.54. The average molecular weight is 369 g/mol. The lowest BCUT2D eigenvalue weighted by molar-refractivity contribution is -0.131. The molecule has 19 heavy (non-hydrogen) atoms. The maximum Gasteiger partial charge on any atom is 0.242 e. The molecule has 1 atom stereocenters. The van der Waals surface area contributed by atoms with E-state index < -0.39 is 16.1 Å². The zero-order valence-corrected chi connectivity index (χ0v) is 14.4. The molecule has 8 heteroatoms. The number of carbonyl (C=O) groups excluding carboxylic acids is 1. The lowest BCUT2D eigenvalue weighted by atomic mass is 10.3. The molecule has 1 heterocycles. The number of rotatable bonds is 5. The smallest absolute Gasteiger partial charge is 0.242 e. The van der Waals surface area contributed by atoms with Crippen molar-refractivity contribution in [2.75, 3.05) is 13.6 Å². The van der Waals surface area contributed by atoms with Crippen LogP contribution in [0.3, 0.4) is 0 Å². The molecule has 108 valence electrons. The third kappa shape index (κ3) is 4.01. The predicted octanol–water partition coefficient (Wildman–Crippen LogP) is 1.96. The molecule has 1 N–H and O–H groups in total. The first-order chi connectivity index (χ1) is 8.69. The van der Waals surface area contributed by atoms with Gasteiger partial charge in [-0.25, -0.2) is 8.42 Å².